The lowest BCUT2D eigenvalue weighted by atomic mass is 10.1. The number of hydrogen-bond acceptors (Lipinski definition) is 4. The van der Waals surface area contributed by atoms with Crippen molar-refractivity contribution < 1.29 is 24.2 Å². The number of amides is 1. The summed E-state index contributed by atoms with van der Waals surface area (Å²) in [5.41, 5.74) is 1.69. The molecule has 1 amide bonds. The lowest BCUT2D eigenvalue weighted by Crippen LogP contribution is -2.48. The Hall–Kier alpha value is -2.31. The smallest absolute Gasteiger partial charge is 0.334 e. The molecule has 2 heterocycles. The van der Waals surface area contributed by atoms with E-state index in [2.05, 4.69) is 0 Å². The molecule has 0 bridgehead atoms. The van der Waals surface area contributed by atoms with E-state index in [1.807, 2.05) is 6.08 Å². The zero-order valence-corrected chi connectivity index (χ0v) is 13.5. The Bertz CT molecular complexity index is 728. The van der Waals surface area contributed by atoms with Gasteiger partial charge in [-0.15, -0.1) is 0 Å². The van der Waals surface area contributed by atoms with Crippen LogP contribution in [-0.2, 0) is 14.3 Å². The first-order valence-electron chi connectivity index (χ1n) is 7.47. The van der Waals surface area contributed by atoms with Gasteiger partial charge in [0, 0.05) is 23.2 Å². The van der Waals surface area contributed by atoms with Gasteiger partial charge < -0.3 is 19.5 Å². The average Bonchev–Trinajstić information content (AvgIpc) is 2.59. The number of carbonyl (C=O) groups is 2. The van der Waals surface area contributed by atoms with E-state index in [1.165, 1.54) is 11.0 Å². The highest BCUT2D eigenvalue weighted by Crippen LogP contribution is 2.29. The quantitative estimate of drug-likeness (QED) is 0.844. The molecule has 1 atom stereocenters. The molecule has 2 aliphatic heterocycles. The van der Waals surface area contributed by atoms with Crippen molar-refractivity contribution in [3.05, 3.63) is 46.5 Å². The van der Waals surface area contributed by atoms with Gasteiger partial charge in [0.15, 0.2) is 6.10 Å². The molecule has 0 aliphatic carbocycles. The number of carboxylic acid groups (broad SMARTS) is 1. The molecule has 1 aromatic carbocycles. The number of hydrogen-bond donors (Lipinski definition) is 1. The van der Waals surface area contributed by atoms with Gasteiger partial charge in [-0.1, -0.05) is 17.7 Å². The molecule has 6 nitrogen and oxygen atoms in total. The monoisotopic (exact) mass is 349 g/mol. The zero-order chi connectivity index (χ0) is 17.1. The van der Waals surface area contributed by atoms with Crippen molar-refractivity contribution in [1.82, 2.24) is 4.90 Å². The van der Waals surface area contributed by atoms with Crippen molar-refractivity contribution in [3.8, 4) is 5.75 Å². The van der Waals surface area contributed by atoms with E-state index in [1.54, 1.807) is 24.3 Å². The number of morpholine rings is 1. The van der Waals surface area contributed by atoms with Gasteiger partial charge in [0.05, 0.1) is 13.2 Å². The molecule has 1 aromatic rings. The van der Waals surface area contributed by atoms with Crippen LogP contribution in [0.1, 0.15) is 5.56 Å². The predicted octanol–water partition coefficient (Wildman–Crippen LogP) is 1.98. The number of fused-ring (bicyclic) bond motifs is 1. The molecule has 1 saturated heterocycles. The van der Waals surface area contributed by atoms with E-state index in [0.717, 1.165) is 16.9 Å². The molecule has 0 radical (unpaired) electrons. The lowest BCUT2D eigenvalue weighted by molar-refractivity contribution is -0.158. The van der Waals surface area contributed by atoms with Crippen LogP contribution >= 0.6 is 11.6 Å². The van der Waals surface area contributed by atoms with E-state index in [9.17, 15) is 9.59 Å². The van der Waals surface area contributed by atoms with Crippen LogP contribution in [0.2, 0.25) is 5.02 Å². The normalized spacial score (nSPS) is 20.3. The van der Waals surface area contributed by atoms with Crippen molar-refractivity contribution in [3.63, 3.8) is 0 Å². The van der Waals surface area contributed by atoms with Crippen molar-refractivity contribution >= 4 is 29.6 Å². The molecular formula is C17H16ClNO5. The van der Waals surface area contributed by atoms with Gasteiger partial charge in [0.25, 0.3) is 0 Å². The fourth-order valence-electron chi connectivity index (χ4n) is 2.54. The van der Waals surface area contributed by atoms with Crippen LogP contribution in [0.15, 0.2) is 35.9 Å². The summed E-state index contributed by atoms with van der Waals surface area (Å²) in [6.45, 7) is 1.00. The van der Waals surface area contributed by atoms with Crippen molar-refractivity contribution in [1.29, 1.82) is 0 Å². The van der Waals surface area contributed by atoms with E-state index in [0.29, 0.717) is 18.2 Å². The number of halogens is 1. The number of rotatable bonds is 3. The lowest BCUT2D eigenvalue weighted by Gasteiger charge is -2.30. The topological polar surface area (TPSA) is 76.1 Å². The zero-order valence-electron chi connectivity index (χ0n) is 12.8. The standard InChI is InChI=1S/C17H16ClNO5/c18-13-2-3-14-12(8-13)7-11(10-24-14)1-4-16(20)19-5-6-23-15(9-19)17(21)22/h1-4,7-8,15H,5-6,9-10H2,(H,21,22). The van der Waals surface area contributed by atoms with Crippen LogP contribution in [0.5, 0.6) is 5.75 Å². The fourth-order valence-corrected chi connectivity index (χ4v) is 2.73. The number of carboxylic acids is 1. The SMILES string of the molecule is O=C(O)C1CN(C(=O)C=CC2=Cc3cc(Cl)ccc3OC2)CCO1. The molecular weight excluding hydrogens is 334 g/mol. The van der Waals surface area contributed by atoms with E-state index in [-0.39, 0.29) is 19.1 Å². The summed E-state index contributed by atoms with van der Waals surface area (Å²) >= 11 is 5.97. The number of ether oxygens (including phenoxy) is 2. The molecule has 126 valence electrons. The molecule has 7 heteroatoms. The summed E-state index contributed by atoms with van der Waals surface area (Å²) in [5, 5.41) is 9.58. The van der Waals surface area contributed by atoms with E-state index in [4.69, 9.17) is 26.2 Å². The minimum Gasteiger partial charge on any atom is -0.488 e. The first kappa shape index (κ1) is 16.5. The molecule has 0 spiro atoms. The van der Waals surface area contributed by atoms with Crippen LogP contribution in [0.25, 0.3) is 6.08 Å². The maximum atomic E-state index is 12.2. The molecule has 1 fully saturated rings. The van der Waals surface area contributed by atoms with E-state index >= 15 is 0 Å². The summed E-state index contributed by atoms with van der Waals surface area (Å²) in [6.07, 6.45) is 4.04. The van der Waals surface area contributed by atoms with Gasteiger partial charge in [-0.2, -0.15) is 0 Å². The van der Waals surface area contributed by atoms with Crippen molar-refractivity contribution in [2.24, 2.45) is 0 Å². The third kappa shape index (κ3) is 3.77. The van der Waals surface area contributed by atoms with Gasteiger partial charge in [-0.3, -0.25) is 4.79 Å². The van der Waals surface area contributed by atoms with Gasteiger partial charge in [0.1, 0.15) is 12.4 Å². The average molecular weight is 350 g/mol. The Labute approximate surface area is 143 Å². The molecule has 2 aliphatic rings. The van der Waals surface area contributed by atoms with Crippen LogP contribution < -0.4 is 4.74 Å². The third-order valence-corrected chi connectivity index (χ3v) is 4.04. The van der Waals surface area contributed by atoms with Crippen LogP contribution in [0.3, 0.4) is 0 Å². The second kappa shape index (κ2) is 7.07. The Balaban J connectivity index is 1.67. The van der Waals surface area contributed by atoms with Crippen LogP contribution in [0.4, 0.5) is 0 Å². The molecule has 0 aromatic heterocycles. The maximum Gasteiger partial charge on any atom is 0.334 e. The molecule has 1 unspecified atom stereocenters. The first-order chi connectivity index (χ1) is 11.5. The van der Waals surface area contributed by atoms with E-state index < -0.39 is 12.1 Å². The number of carbonyl (C=O) groups excluding carboxylic acids is 1. The highest BCUT2D eigenvalue weighted by molar-refractivity contribution is 6.30. The van der Waals surface area contributed by atoms with Crippen LogP contribution in [-0.4, -0.2) is 54.3 Å². The predicted molar refractivity (Wildman–Crippen MR) is 88.0 cm³/mol. The highest BCUT2D eigenvalue weighted by Gasteiger charge is 2.28. The Kier molecular flexibility index (Phi) is 4.87. The Morgan fingerprint density at radius 2 is 2.21 bits per heavy atom. The Morgan fingerprint density at radius 1 is 1.38 bits per heavy atom. The van der Waals surface area contributed by atoms with Gasteiger partial charge in [0.2, 0.25) is 5.91 Å². The van der Waals surface area contributed by atoms with Gasteiger partial charge in [-0.05, 0) is 29.8 Å². The molecule has 1 N–H and O–H groups in total. The summed E-state index contributed by atoms with van der Waals surface area (Å²) in [7, 11) is 0. The largest absolute Gasteiger partial charge is 0.488 e. The van der Waals surface area contributed by atoms with Crippen LogP contribution in [0, 0.1) is 0 Å². The summed E-state index contributed by atoms with van der Waals surface area (Å²) in [4.78, 5) is 24.6. The number of aliphatic carboxylic acids is 1. The number of nitrogens with zero attached hydrogens (tertiary/aromatic N) is 1. The first-order valence-corrected chi connectivity index (χ1v) is 7.85. The minimum atomic E-state index is -1.06. The Morgan fingerprint density at radius 3 is 3.00 bits per heavy atom. The van der Waals surface area contributed by atoms with Gasteiger partial charge in [-0.25, -0.2) is 4.79 Å². The number of benzene rings is 1. The summed E-state index contributed by atoms with van der Waals surface area (Å²) in [5.74, 6) is -0.559. The molecule has 3 rings (SSSR count). The highest BCUT2D eigenvalue weighted by atomic mass is 35.5. The maximum absolute atomic E-state index is 12.2. The van der Waals surface area contributed by atoms with Crippen molar-refractivity contribution in [2.75, 3.05) is 26.3 Å². The van der Waals surface area contributed by atoms with Crippen molar-refractivity contribution in [2.45, 2.75) is 6.10 Å². The van der Waals surface area contributed by atoms with Gasteiger partial charge >= 0.3 is 5.97 Å². The summed E-state index contributed by atoms with van der Waals surface area (Å²) < 4.78 is 10.7. The fraction of sp³-hybridized carbons (Fsp3) is 0.294. The summed E-state index contributed by atoms with van der Waals surface area (Å²) in [6, 6.07) is 5.36. The third-order valence-electron chi connectivity index (χ3n) is 3.80. The minimum absolute atomic E-state index is 0.0481. The second-order valence-electron chi connectivity index (χ2n) is 5.51. The molecule has 0 saturated carbocycles. The second-order valence-corrected chi connectivity index (χ2v) is 5.94. The molecule has 24 heavy (non-hydrogen) atoms.